The van der Waals surface area contributed by atoms with E-state index in [1.54, 1.807) is 0 Å². The molecule has 0 spiro atoms. The quantitative estimate of drug-likeness (QED) is 0.906. The summed E-state index contributed by atoms with van der Waals surface area (Å²) in [6.45, 7) is 3.59. The molecular weight excluding hydrogens is 294 g/mol. The number of ether oxygens (including phenoxy) is 2. The lowest BCUT2D eigenvalue weighted by Crippen LogP contribution is -2.18. The van der Waals surface area contributed by atoms with Crippen molar-refractivity contribution in [1.82, 2.24) is 5.32 Å². The van der Waals surface area contributed by atoms with E-state index in [1.165, 1.54) is 5.56 Å². The molecular formula is C14H20BrNO2. The van der Waals surface area contributed by atoms with Crippen molar-refractivity contribution in [3.8, 4) is 5.75 Å². The smallest absolute Gasteiger partial charge is 0.119 e. The Hall–Kier alpha value is -0.580. The maximum atomic E-state index is 5.81. The molecule has 0 radical (unpaired) electrons. The van der Waals surface area contributed by atoms with Crippen LogP contribution in [0.5, 0.6) is 5.75 Å². The maximum Gasteiger partial charge on any atom is 0.119 e. The van der Waals surface area contributed by atoms with E-state index >= 15 is 0 Å². The number of halogens is 1. The van der Waals surface area contributed by atoms with E-state index in [-0.39, 0.29) is 6.10 Å². The first kappa shape index (κ1) is 13.8. The summed E-state index contributed by atoms with van der Waals surface area (Å²) in [6, 6.07) is 6.08. The molecule has 1 N–H and O–H groups in total. The summed E-state index contributed by atoms with van der Waals surface area (Å²) in [6.07, 6.45) is 2.86. The molecule has 3 nitrogen and oxygen atoms in total. The van der Waals surface area contributed by atoms with E-state index < -0.39 is 0 Å². The number of nitrogens with one attached hydrogen (secondary N) is 1. The Morgan fingerprint density at radius 1 is 1.44 bits per heavy atom. The summed E-state index contributed by atoms with van der Waals surface area (Å²) in [5.74, 6) is 0.909. The van der Waals surface area contributed by atoms with Gasteiger partial charge in [0.25, 0.3) is 0 Å². The van der Waals surface area contributed by atoms with E-state index in [2.05, 4.69) is 34.2 Å². The van der Waals surface area contributed by atoms with Crippen molar-refractivity contribution >= 4 is 15.9 Å². The highest BCUT2D eigenvalue weighted by Gasteiger charge is 2.22. The molecule has 0 bridgehead atoms. The highest BCUT2D eigenvalue weighted by Crippen LogP contribution is 2.24. The Morgan fingerprint density at radius 2 is 2.28 bits per heavy atom. The standard InChI is InChI=1S/C14H20BrNO2/c1-10-3-4-13(18-10)9-17-12-5-6-14(15)11(7-12)8-16-2/h5-7,10,13,16H,3-4,8-9H2,1-2H3. The van der Waals surface area contributed by atoms with E-state index in [0.717, 1.165) is 29.6 Å². The molecule has 1 heterocycles. The average molecular weight is 314 g/mol. The van der Waals surface area contributed by atoms with Gasteiger partial charge in [0.15, 0.2) is 0 Å². The lowest BCUT2D eigenvalue weighted by Gasteiger charge is -2.14. The van der Waals surface area contributed by atoms with Crippen LogP contribution in [0.25, 0.3) is 0 Å². The minimum atomic E-state index is 0.247. The van der Waals surface area contributed by atoms with Gasteiger partial charge in [-0.2, -0.15) is 0 Å². The predicted molar refractivity (Wildman–Crippen MR) is 76.0 cm³/mol. The molecule has 100 valence electrons. The normalized spacial score (nSPS) is 23.3. The Morgan fingerprint density at radius 3 is 2.94 bits per heavy atom. The summed E-state index contributed by atoms with van der Waals surface area (Å²) in [5.41, 5.74) is 1.20. The van der Waals surface area contributed by atoms with Gasteiger partial charge in [-0.1, -0.05) is 15.9 Å². The third-order valence-corrected chi connectivity index (χ3v) is 3.91. The predicted octanol–water partition coefficient (Wildman–Crippen LogP) is 3.11. The first-order chi connectivity index (χ1) is 8.69. The SMILES string of the molecule is CNCc1cc(OCC2CCC(C)O2)ccc1Br. The summed E-state index contributed by atoms with van der Waals surface area (Å²) in [5, 5.41) is 3.14. The summed E-state index contributed by atoms with van der Waals surface area (Å²) < 4.78 is 12.7. The van der Waals surface area contributed by atoms with Gasteiger partial charge in [0.05, 0.1) is 12.2 Å². The lowest BCUT2D eigenvalue weighted by molar-refractivity contribution is 0.0264. The minimum Gasteiger partial charge on any atom is -0.491 e. The van der Waals surface area contributed by atoms with E-state index in [9.17, 15) is 0 Å². The van der Waals surface area contributed by atoms with Crippen molar-refractivity contribution in [2.24, 2.45) is 0 Å². The van der Waals surface area contributed by atoms with Crippen molar-refractivity contribution in [1.29, 1.82) is 0 Å². The van der Waals surface area contributed by atoms with E-state index in [0.29, 0.717) is 12.7 Å². The summed E-state index contributed by atoms with van der Waals surface area (Å²) in [7, 11) is 1.94. The van der Waals surface area contributed by atoms with Crippen LogP contribution < -0.4 is 10.1 Å². The van der Waals surface area contributed by atoms with Crippen molar-refractivity contribution < 1.29 is 9.47 Å². The van der Waals surface area contributed by atoms with Crippen LogP contribution in [-0.2, 0) is 11.3 Å². The summed E-state index contributed by atoms with van der Waals surface area (Å²) >= 11 is 3.54. The zero-order valence-corrected chi connectivity index (χ0v) is 12.5. The fourth-order valence-corrected chi connectivity index (χ4v) is 2.55. The van der Waals surface area contributed by atoms with Gasteiger partial charge in [-0.05, 0) is 50.6 Å². The fraction of sp³-hybridized carbons (Fsp3) is 0.571. The van der Waals surface area contributed by atoms with Crippen LogP contribution in [0.2, 0.25) is 0 Å². The summed E-state index contributed by atoms with van der Waals surface area (Å²) in [4.78, 5) is 0. The second-order valence-corrected chi connectivity index (χ2v) is 5.59. The highest BCUT2D eigenvalue weighted by molar-refractivity contribution is 9.10. The largest absolute Gasteiger partial charge is 0.491 e. The fourth-order valence-electron chi connectivity index (χ4n) is 2.16. The minimum absolute atomic E-state index is 0.247. The van der Waals surface area contributed by atoms with Crippen molar-refractivity contribution in [3.63, 3.8) is 0 Å². The molecule has 0 saturated carbocycles. The molecule has 0 aromatic heterocycles. The van der Waals surface area contributed by atoms with Crippen molar-refractivity contribution in [2.75, 3.05) is 13.7 Å². The van der Waals surface area contributed by atoms with Gasteiger partial charge >= 0.3 is 0 Å². The van der Waals surface area contributed by atoms with Crippen LogP contribution in [0.15, 0.2) is 22.7 Å². The zero-order valence-electron chi connectivity index (χ0n) is 10.9. The highest BCUT2D eigenvalue weighted by atomic mass is 79.9. The Balaban J connectivity index is 1.91. The molecule has 2 atom stereocenters. The number of hydrogen-bond donors (Lipinski definition) is 1. The van der Waals surface area contributed by atoms with Gasteiger partial charge < -0.3 is 14.8 Å². The van der Waals surface area contributed by atoms with Gasteiger partial charge in [-0.25, -0.2) is 0 Å². The van der Waals surface area contributed by atoms with Crippen molar-refractivity contribution in [3.05, 3.63) is 28.2 Å². The molecule has 4 heteroatoms. The van der Waals surface area contributed by atoms with Gasteiger partial charge in [-0.3, -0.25) is 0 Å². The Labute approximate surface area is 117 Å². The van der Waals surface area contributed by atoms with Crippen LogP contribution >= 0.6 is 15.9 Å². The maximum absolute atomic E-state index is 5.81. The van der Waals surface area contributed by atoms with Gasteiger partial charge in [0.2, 0.25) is 0 Å². The second-order valence-electron chi connectivity index (χ2n) is 4.74. The molecule has 1 aromatic carbocycles. The number of benzene rings is 1. The monoisotopic (exact) mass is 313 g/mol. The first-order valence-corrected chi connectivity index (χ1v) is 7.19. The Bertz CT molecular complexity index is 397. The number of rotatable bonds is 5. The van der Waals surface area contributed by atoms with Crippen LogP contribution in [0.3, 0.4) is 0 Å². The molecule has 2 rings (SSSR count). The van der Waals surface area contributed by atoms with Crippen LogP contribution in [0.1, 0.15) is 25.3 Å². The third-order valence-electron chi connectivity index (χ3n) is 3.14. The average Bonchev–Trinajstić information content (AvgIpc) is 2.76. The molecule has 1 aliphatic rings. The van der Waals surface area contributed by atoms with Crippen LogP contribution in [-0.4, -0.2) is 25.9 Å². The molecule has 1 aromatic rings. The molecule has 0 aliphatic carbocycles. The molecule has 18 heavy (non-hydrogen) atoms. The van der Waals surface area contributed by atoms with E-state index in [4.69, 9.17) is 9.47 Å². The third kappa shape index (κ3) is 3.70. The van der Waals surface area contributed by atoms with Gasteiger partial charge in [0, 0.05) is 11.0 Å². The van der Waals surface area contributed by atoms with Crippen LogP contribution in [0, 0.1) is 0 Å². The first-order valence-electron chi connectivity index (χ1n) is 6.40. The molecule has 1 saturated heterocycles. The van der Waals surface area contributed by atoms with Crippen molar-refractivity contribution in [2.45, 2.75) is 38.5 Å². The molecule has 0 amide bonds. The van der Waals surface area contributed by atoms with Gasteiger partial charge in [-0.15, -0.1) is 0 Å². The second kappa shape index (κ2) is 6.55. The topological polar surface area (TPSA) is 30.5 Å². The van der Waals surface area contributed by atoms with Crippen LogP contribution in [0.4, 0.5) is 0 Å². The number of hydrogen-bond acceptors (Lipinski definition) is 3. The lowest BCUT2D eigenvalue weighted by atomic mass is 10.2. The molecule has 1 aliphatic heterocycles. The molecule has 2 unspecified atom stereocenters. The van der Waals surface area contributed by atoms with E-state index in [1.807, 2.05) is 19.2 Å². The Kier molecular flexibility index (Phi) is 5.03. The zero-order chi connectivity index (χ0) is 13.0. The van der Waals surface area contributed by atoms with Gasteiger partial charge in [0.1, 0.15) is 12.4 Å². The molecule has 1 fully saturated rings.